The van der Waals surface area contributed by atoms with E-state index < -0.39 is 9.84 Å². The van der Waals surface area contributed by atoms with Gasteiger partial charge in [0.2, 0.25) is 0 Å². The van der Waals surface area contributed by atoms with Crippen LogP contribution in [0.1, 0.15) is 49.9 Å². The molecule has 1 atom stereocenters. The molecule has 0 radical (unpaired) electrons. The number of sulfone groups is 1. The van der Waals surface area contributed by atoms with Crippen LogP contribution in [0.15, 0.2) is 29.2 Å². The van der Waals surface area contributed by atoms with Gasteiger partial charge in [-0.1, -0.05) is 26.2 Å². The molecule has 0 aromatic heterocycles. The minimum Gasteiger partial charge on any atom is -0.350 e. The van der Waals surface area contributed by atoms with E-state index in [1.807, 2.05) is 6.92 Å². The van der Waals surface area contributed by atoms with Crippen molar-refractivity contribution >= 4 is 15.7 Å². The van der Waals surface area contributed by atoms with Gasteiger partial charge in [-0.05, 0) is 37.6 Å². The fraction of sp³-hybridized carbons (Fsp3) is 0.533. The molecule has 1 unspecified atom stereocenters. The molecule has 1 N–H and O–H groups in total. The zero-order valence-electron chi connectivity index (χ0n) is 12.3. The first kappa shape index (κ1) is 16.7. The highest BCUT2D eigenvalue weighted by molar-refractivity contribution is 7.90. The van der Waals surface area contributed by atoms with E-state index >= 15 is 0 Å². The van der Waals surface area contributed by atoms with Crippen LogP contribution < -0.4 is 5.32 Å². The van der Waals surface area contributed by atoms with Crippen LogP contribution in [0.4, 0.5) is 0 Å². The molecule has 0 spiro atoms. The average molecular weight is 297 g/mol. The lowest BCUT2D eigenvalue weighted by atomic mass is 10.1. The van der Waals surface area contributed by atoms with Gasteiger partial charge >= 0.3 is 0 Å². The molecule has 5 heteroatoms. The first-order valence-electron chi connectivity index (χ1n) is 6.95. The number of unbranched alkanes of at least 4 members (excludes halogenated alkanes) is 2. The average Bonchev–Trinajstić information content (AvgIpc) is 2.38. The maximum Gasteiger partial charge on any atom is 0.251 e. The molecule has 1 aromatic rings. The van der Waals surface area contributed by atoms with Crippen LogP contribution in [0.25, 0.3) is 0 Å². The fourth-order valence-electron chi connectivity index (χ4n) is 1.93. The summed E-state index contributed by atoms with van der Waals surface area (Å²) in [4.78, 5) is 12.2. The number of benzene rings is 1. The number of rotatable bonds is 7. The molecule has 0 bridgehead atoms. The largest absolute Gasteiger partial charge is 0.350 e. The van der Waals surface area contributed by atoms with Gasteiger partial charge < -0.3 is 5.32 Å². The van der Waals surface area contributed by atoms with E-state index in [4.69, 9.17) is 0 Å². The Labute approximate surface area is 121 Å². The van der Waals surface area contributed by atoms with Crippen LogP contribution in [-0.4, -0.2) is 26.6 Å². The van der Waals surface area contributed by atoms with Crippen LogP contribution in [0.5, 0.6) is 0 Å². The third-order valence-electron chi connectivity index (χ3n) is 3.16. The normalized spacial score (nSPS) is 12.9. The summed E-state index contributed by atoms with van der Waals surface area (Å²) >= 11 is 0. The number of carbonyl (C=O) groups is 1. The van der Waals surface area contributed by atoms with Crippen molar-refractivity contribution in [2.45, 2.75) is 50.5 Å². The fourth-order valence-corrected chi connectivity index (χ4v) is 2.56. The number of carbonyl (C=O) groups excluding carboxylic acids is 1. The van der Waals surface area contributed by atoms with E-state index in [0.717, 1.165) is 25.5 Å². The monoisotopic (exact) mass is 297 g/mol. The first-order valence-corrected chi connectivity index (χ1v) is 8.84. The number of hydrogen-bond acceptors (Lipinski definition) is 3. The van der Waals surface area contributed by atoms with E-state index in [1.165, 1.54) is 18.6 Å². The lowest BCUT2D eigenvalue weighted by Crippen LogP contribution is -2.32. The standard InChI is InChI=1S/C15H23NO3S/c1-4-5-6-7-12(2)16-15(17)13-8-10-14(11-9-13)20(3,18)19/h8-12H,4-7H2,1-3H3,(H,16,17). The van der Waals surface area contributed by atoms with Gasteiger partial charge in [-0.3, -0.25) is 4.79 Å². The predicted octanol–water partition coefficient (Wildman–Crippen LogP) is 2.79. The Bertz CT molecular complexity index is 535. The molecular formula is C15H23NO3S. The zero-order valence-corrected chi connectivity index (χ0v) is 13.2. The van der Waals surface area contributed by atoms with Gasteiger partial charge in [-0.2, -0.15) is 0 Å². The number of amides is 1. The number of nitrogens with one attached hydrogen (secondary N) is 1. The van der Waals surface area contributed by atoms with Crippen molar-refractivity contribution in [2.24, 2.45) is 0 Å². The Morgan fingerprint density at radius 1 is 1.20 bits per heavy atom. The highest BCUT2D eigenvalue weighted by Gasteiger charge is 2.11. The summed E-state index contributed by atoms with van der Waals surface area (Å²) in [7, 11) is -3.21. The summed E-state index contributed by atoms with van der Waals surface area (Å²) < 4.78 is 22.7. The zero-order chi connectivity index (χ0) is 15.2. The van der Waals surface area contributed by atoms with E-state index in [2.05, 4.69) is 12.2 Å². The van der Waals surface area contributed by atoms with E-state index in [9.17, 15) is 13.2 Å². The maximum absolute atomic E-state index is 12.0. The van der Waals surface area contributed by atoms with Crippen molar-refractivity contribution in [1.29, 1.82) is 0 Å². The van der Waals surface area contributed by atoms with Gasteiger partial charge in [0, 0.05) is 17.9 Å². The van der Waals surface area contributed by atoms with Crippen LogP contribution in [-0.2, 0) is 9.84 Å². The van der Waals surface area contributed by atoms with Crippen molar-refractivity contribution in [3.8, 4) is 0 Å². The Morgan fingerprint density at radius 2 is 1.80 bits per heavy atom. The first-order chi connectivity index (χ1) is 9.34. The Morgan fingerprint density at radius 3 is 2.30 bits per heavy atom. The van der Waals surface area contributed by atoms with Gasteiger partial charge in [0.25, 0.3) is 5.91 Å². The third kappa shape index (κ3) is 5.33. The Balaban J connectivity index is 2.60. The number of hydrogen-bond donors (Lipinski definition) is 1. The second-order valence-corrected chi connectivity index (χ2v) is 7.18. The molecule has 0 saturated carbocycles. The molecule has 1 amide bonds. The smallest absolute Gasteiger partial charge is 0.251 e. The summed E-state index contributed by atoms with van der Waals surface area (Å²) in [5.74, 6) is -0.158. The van der Waals surface area contributed by atoms with Crippen molar-refractivity contribution < 1.29 is 13.2 Å². The van der Waals surface area contributed by atoms with Gasteiger partial charge in [-0.25, -0.2) is 8.42 Å². The Hall–Kier alpha value is -1.36. The predicted molar refractivity (Wildman–Crippen MR) is 80.6 cm³/mol. The summed E-state index contributed by atoms with van der Waals surface area (Å²) in [5, 5.41) is 2.92. The van der Waals surface area contributed by atoms with Crippen molar-refractivity contribution in [3.63, 3.8) is 0 Å². The summed E-state index contributed by atoms with van der Waals surface area (Å²) in [6.07, 6.45) is 5.54. The minimum atomic E-state index is -3.21. The van der Waals surface area contributed by atoms with Crippen LogP contribution in [0.3, 0.4) is 0 Å². The Kier molecular flexibility index (Phi) is 6.20. The topological polar surface area (TPSA) is 63.2 Å². The molecule has 0 aliphatic rings. The van der Waals surface area contributed by atoms with Gasteiger partial charge in [0.1, 0.15) is 0 Å². The minimum absolute atomic E-state index is 0.128. The quantitative estimate of drug-likeness (QED) is 0.787. The van der Waals surface area contributed by atoms with Gasteiger partial charge in [-0.15, -0.1) is 0 Å². The molecule has 4 nitrogen and oxygen atoms in total. The van der Waals surface area contributed by atoms with E-state index in [1.54, 1.807) is 12.1 Å². The molecular weight excluding hydrogens is 274 g/mol. The van der Waals surface area contributed by atoms with Crippen molar-refractivity contribution in [1.82, 2.24) is 5.32 Å². The summed E-state index contributed by atoms with van der Waals surface area (Å²) in [5.41, 5.74) is 0.486. The lowest BCUT2D eigenvalue weighted by Gasteiger charge is -2.13. The maximum atomic E-state index is 12.0. The summed E-state index contributed by atoms with van der Waals surface area (Å²) in [6.45, 7) is 4.13. The molecule has 112 valence electrons. The lowest BCUT2D eigenvalue weighted by molar-refractivity contribution is 0.0938. The molecule has 1 aromatic carbocycles. The molecule has 20 heavy (non-hydrogen) atoms. The van der Waals surface area contributed by atoms with Crippen LogP contribution in [0.2, 0.25) is 0 Å². The molecule has 0 aliphatic carbocycles. The van der Waals surface area contributed by atoms with E-state index in [0.29, 0.717) is 5.56 Å². The van der Waals surface area contributed by atoms with Crippen LogP contribution in [0, 0.1) is 0 Å². The second-order valence-electron chi connectivity index (χ2n) is 5.17. The second kappa shape index (κ2) is 7.43. The molecule has 0 fully saturated rings. The van der Waals surface area contributed by atoms with Crippen molar-refractivity contribution in [3.05, 3.63) is 29.8 Å². The van der Waals surface area contributed by atoms with Crippen LogP contribution >= 0.6 is 0 Å². The highest BCUT2D eigenvalue weighted by Crippen LogP contribution is 2.11. The van der Waals surface area contributed by atoms with Crippen molar-refractivity contribution in [2.75, 3.05) is 6.26 Å². The van der Waals surface area contributed by atoms with Gasteiger partial charge in [0.05, 0.1) is 4.90 Å². The third-order valence-corrected chi connectivity index (χ3v) is 4.29. The molecule has 0 aliphatic heterocycles. The highest BCUT2D eigenvalue weighted by atomic mass is 32.2. The molecule has 1 rings (SSSR count). The van der Waals surface area contributed by atoms with Gasteiger partial charge in [0.15, 0.2) is 9.84 Å². The SMILES string of the molecule is CCCCCC(C)NC(=O)c1ccc(S(C)(=O)=O)cc1. The van der Waals surface area contributed by atoms with E-state index in [-0.39, 0.29) is 16.8 Å². The molecule has 0 heterocycles. The molecule has 0 saturated heterocycles. The summed E-state index contributed by atoms with van der Waals surface area (Å²) in [6, 6.07) is 6.15.